The Balaban J connectivity index is 0.680. The summed E-state index contributed by atoms with van der Waals surface area (Å²) in [6, 6.07) is 145. The lowest BCUT2D eigenvalue weighted by Gasteiger charge is -2.28. The Morgan fingerprint density at radius 2 is 0.575 bits per heavy atom. The van der Waals surface area contributed by atoms with Crippen LogP contribution in [0.4, 0.5) is 0 Å². The standard InChI is InChI=1S/C110H72N10/c1-110(90-51-24-17-44-79(90)87-65-89-83-48-21-28-55-99(83)119(104(89)66-91(87)110)101-57-30-23-50-85(101)109-116-105(74-38-13-5-14-39-74)115-106(117-109)75-40-15-6-16-41-75)69-70-58-61-102-88(62-70)82-47-20-27-54-98(82)120(102)103-64-77(59-60-86(103)108-112-92(71-32-7-2-8-33-71)67-93(113-108)72-34-9-3-10-35-72)76-42-31-43-78(63-76)107-111-94(73-36-11-4-12-37-73)68-95(114-107)84-49-22-29-56-100(84)118-96-52-25-18-45-80(96)81-46-19-26-53-97(81)118/h2-68H,69H2,1H3. The minimum absolute atomic E-state index is 0.475. The first-order valence-corrected chi connectivity index (χ1v) is 40.8. The maximum atomic E-state index is 5.59. The van der Waals surface area contributed by atoms with Gasteiger partial charge in [-0.05, 0) is 142 Å². The number of hydrogen-bond acceptors (Lipinski definition) is 7. The molecule has 0 aliphatic heterocycles. The maximum Gasteiger partial charge on any atom is 0.166 e. The van der Waals surface area contributed by atoms with Crippen molar-refractivity contribution in [1.29, 1.82) is 0 Å². The molecule has 1 atom stereocenters. The highest BCUT2D eigenvalue weighted by molar-refractivity contribution is 6.14. The van der Waals surface area contributed by atoms with Crippen molar-refractivity contribution in [2.24, 2.45) is 0 Å². The summed E-state index contributed by atoms with van der Waals surface area (Å²) in [4.78, 5) is 37.9. The van der Waals surface area contributed by atoms with E-state index in [0.717, 1.165) is 151 Å². The third-order valence-corrected chi connectivity index (χ3v) is 24.2. The van der Waals surface area contributed by atoms with Gasteiger partial charge in [0.1, 0.15) is 0 Å². The highest BCUT2D eigenvalue weighted by atomic mass is 15.1. The first-order valence-electron chi connectivity index (χ1n) is 40.8. The Morgan fingerprint density at radius 1 is 0.200 bits per heavy atom. The van der Waals surface area contributed by atoms with E-state index in [1.807, 2.05) is 36.4 Å². The van der Waals surface area contributed by atoms with Gasteiger partial charge >= 0.3 is 0 Å². The largest absolute Gasteiger partial charge is 0.309 e. The van der Waals surface area contributed by atoms with E-state index < -0.39 is 5.41 Å². The summed E-state index contributed by atoms with van der Waals surface area (Å²) < 4.78 is 7.26. The Hall–Kier alpha value is -15.9. The number of hydrogen-bond donors (Lipinski definition) is 0. The number of benzene rings is 16. The molecule has 22 aromatic rings. The van der Waals surface area contributed by atoms with E-state index in [-0.39, 0.29) is 0 Å². The average Bonchev–Trinajstić information content (AvgIpc) is 1.54. The van der Waals surface area contributed by atoms with Crippen LogP contribution in [-0.2, 0) is 11.8 Å². The third-order valence-electron chi connectivity index (χ3n) is 24.2. The van der Waals surface area contributed by atoms with E-state index in [1.54, 1.807) is 0 Å². The van der Waals surface area contributed by atoms with Gasteiger partial charge in [-0.25, -0.2) is 34.9 Å². The number of nitrogens with zero attached hydrogens (tertiary/aromatic N) is 10. The van der Waals surface area contributed by atoms with Crippen molar-refractivity contribution >= 4 is 65.4 Å². The van der Waals surface area contributed by atoms with Crippen LogP contribution >= 0.6 is 0 Å². The molecular formula is C110H72N10. The highest BCUT2D eigenvalue weighted by Gasteiger charge is 2.41. The van der Waals surface area contributed by atoms with Gasteiger partial charge in [-0.2, -0.15) is 0 Å². The first kappa shape index (κ1) is 69.6. The molecule has 0 amide bonds. The molecule has 0 N–H and O–H groups in total. The fourth-order valence-corrected chi connectivity index (χ4v) is 18.6. The SMILES string of the molecule is CC1(Cc2ccc3c(c2)c2ccccc2n3-c2cc(-c3cccc(-c4nc(-c5ccccc5)cc(-c5ccccc5-n5c6ccccc6c6ccccc65)n4)c3)ccc2-c2nc(-c3ccccc3)cc(-c3ccccc3)n2)c2ccccc2-c2cc3c4ccccc4n(-c4ccccc4-c4nc(-c5ccccc5)nc(-c5ccccc5)n4)c3cc21. The molecule has 1 aliphatic rings. The van der Waals surface area contributed by atoms with Crippen LogP contribution in [0.15, 0.2) is 406 Å². The summed E-state index contributed by atoms with van der Waals surface area (Å²) >= 11 is 0. The molecule has 10 heteroatoms. The fraction of sp³-hybridized carbons (Fsp3) is 0.0273. The summed E-state index contributed by atoms with van der Waals surface area (Å²) in [5, 5.41) is 7.01. The quantitative estimate of drug-likeness (QED) is 0.101. The Morgan fingerprint density at radius 3 is 1.15 bits per heavy atom. The van der Waals surface area contributed by atoms with Crippen molar-refractivity contribution < 1.29 is 0 Å². The summed E-state index contributed by atoms with van der Waals surface area (Å²) in [5.41, 5.74) is 29.1. The number of aromatic nitrogens is 10. The van der Waals surface area contributed by atoms with Crippen molar-refractivity contribution in [3.05, 3.63) is 423 Å². The molecule has 0 fully saturated rings. The van der Waals surface area contributed by atoms with Gasteiger partial charge in [0.2, 0.25) is 0 Å². The molecule has 6 heterocycles. The summed E-state index contributed by atoms with van der Waals surface area (Å²) in [5.74, 6) is 3.04. The highest BCUT2D eigenvalue weighted by Crippen LogP contribution is 2.54. The van der Waals surface area contributed by atoms with E-state index in [0.29, 0.717) is 29.1 Å². The lowest BCUT2D eigenvalue weighted by atomic mass is 9.75. The van der Waals surface area contributed by atoms with Crippen LogP contribution in [0.2, 0.25) is 0 Å². The van der Waals surface area contributed by atoms with Gasteiger partial charge < -0.3 is 13.7 Å². The van der Waals surface area contributed by atoms with Crippen LogP contribution < -0.4 is 0 Å². The molecule has 16 aromatic carbocycles. The van der Waals surface area contributed by atoms with E-state index in [4.69, 9.17) is 34.9 Å². The second-order valence-electron chi connectivity index (χ2n) is 31.3. The Kier molecular flexibility index (Phi) is 16.5. The third kappa shape index (κ3) is 11.7. The van der Waals surface area contributed by atoms with Crippen LogP contribution in [0, 0.1) is 0 Å². The molecule has 0 spiro atoms. The molecule has 562 valence electrons. The molecule has 10 nitrogen and oxygen atoms in total. The van der Waals surface area contributed by atoms with Crippen LogP contribution in [-0.4, -0.2) is 48.6 Å². The van der Waals surface area contributed by atoms with Gasteiger partial charge in [0.05, 0.1) is 72.9 Å². The van der Waals surface area contributed by atoms with Crippen LogP contribution in [0.1, 0.15) is 23.6 Å². The van der Waals surface area contributed by atoms with E-state index >= 15 is 0 Å². The second kappa shape index (κ2) is 28.5. The molecule has 120 heavy (non-hydrogen) atoms. The van der Waals surface area contributed by atoms with Gasteiger partial charge in [-0.15, -0.1) is 0 Å². The zero-order valence-electron chi connectivity index (χ0n) is 65.4. The lowest BCUT2D eigenvalue weighted by molar-refractivity contribution is 0.584. The molecular weight excluding hydrogens is 1460 g/mol. The topological polar surface area (TPSA) is 105 Å². The van der Waals surface area contributed by atoms with Crippen molar-refractivity contribution in [3.63, 3.8) is 0 Å². The molecule has 0 radical (unpaired) electrons. The average molecular weight is 1530 g/mol. The first-order chi connectivity index (χ1) is 59.4. The predicted molar refractivity (Wildman–Crippen MR) is 490 cm³/mol. The van der Waals surface area contributed by atoms with E-state index in [9.17, 15) is 0 Å². The maximum absolute atomic E-state index is 5.59. The normalized spacial score (nSPS) is 13.1. The molecule has 0 saturated heterocycles. The Labute approximate surface area is 692 Å². The molecule has 0 bridgehead atoms. The minimum Gasteiger partial charge on any atom is -0.309 e. The van der Waals surface area contributed by atoms with Crippen molar-refractivity contribution in [1.82, 2.24) is 48.6 Å². The van der Waals surface area contributed by atoms with Gasteiger partial charge in [0, 0.05) is 87.8 Å². The van der Waals surface area contributed by atoms with Crippen molar-refractivity contribution in [2.75, 3.05) is 0 Å². The molecule has 23 rings (SSSR count). The molecule has 1 aliphatic carbocycles. The fourth-order valence-electron chi connectivity index (χ4n) is 18.6. The van der Waals surface area contributed by atoms with Crippen molar-refractivity contribution in [2.45, 2.75) is 18.8 Å². The van der Waals surface area contributed by atoms with Crippen LogP contribution in [0.5, 0.6) is 0 Å². The van der Waals surface area contributed by atoms with Gasteiger partial charge in [0.25, 0.3) is 0 Å². The van der Waals surface area contributed by atoms with Crippen molar-refractivity contribution in [3.8, 4) is 141 Å². The van der Waals surface area contributed by atoms with Gasteiger partial charge in [-0.1, -0.05) is 316 Å². The second-order valence-corrected chi connectivity index (χ2v) is 31.3. The predicted octanol–water partition coefficient (Wildman–Crippen LogP) is 26.9. The van der Waals surface area contributed by atoms with Crippen LogP contribution in [0.3, 0.4) is 0 Å². The smallest absolute Gasteiger partial charge is 0.166 e. The van der Waals surface area contributed by atoms with Crippen LogP contribution in [0.25, 0.3) is 207 Å². The van der Waals surface area contributed by atoms with Gasteiger partial charge in [-0.3, -0.25) is 0 Å². The monoisotopic (exact) mass is 1530 g/mol. The molecule has 1 unspecified atom stereocenters. The Bertz CT molecular complexity index is 7660. The summed E-state index contributed by atoms with van der Waals surface area (Å²) in [7, 11) is 0. The number of para-hydroxylation sites is 6. The zero-order valence-corrected chi connectivity index (χ0v) is 65.4. The minimum atomic E-state index is -0.475. The number of fused-ring (bicyclic) bond motifs is 12. The number of rotatable bonds is 15. The summed E-state index contributed by atoms with van der Waals surface area (Å²) in [6.45, 7) is 2.46. The van der Waals surface area contributed by atoms with E-state index in [2.05, 4.69) is 391 Å². The van der Waals surface area contributed by atoms with Gasteiger partial charge in [0.15, 0.2) is 29.1 Å². The summed E-state index contributed by atoms with van der Waals surface area (Å²) in [6.07, 6.45) is 0.719. The van der Waals surface area contributed by atoms with E-state index in [1.165, 1.54) is 49.4 Å². The zero-order chi connectivity index (χ0) is 79.4. The molecule has 0 saturated carbocycles. The molecule has 6 aromatic heterocycles. The lowest BCUT2D eigenvalue weighted by Crippen LogP contribution is -2.24.